The first-order valence-corrected chi connectivity index (χ1v) is 10.5. The summed E-state index contributed by atoms with van der Waals surface area (Å²) in [6, 6.07) is 17.4. The lowest BCUT2D eigenvalue weighted by Crippen LogP contribution is -2.36. The molecule has 1 aliphatic heterocycles. The van der Waals surface area contributed by atoms with Crippen molar-refractivity contribution in [2.75, 3.05) is 19.6 Å². The van der Waals surface area contributed by atoms with E-state index in [4.69, 9.17) is 4.74 Å². The molecule has 0 aliphatic carbocycles. The van der Waals surface area contributed by atoms with Crippen LogP contribution >= 0.6 is 0 Å². The third kappa shape index (κ3) is 6.87. The maximum atomic E-state index is 12.3. The largest absolute Gasteiger partial charge is 0.489 e. The Morgan fingerprint density at radius 3 is 2.83 bits per heavy atom. The first-order valence-electron chi connectivity index (χ1n) is 10.5. The first kappa shape index (κ1) is 21.3. The van der Waals surface area contributed by atoms with E-state index in [9.17, 15) is 9.90 Å². The highest BCUT2D eigenvalue weighted by Crippen LogP contribution is 2.23. The zero-order chi connectivity index (χ0) is 20.5. The number of hydrogen-bond acceptors (Lipinski definition) is 4. The molecule has 0 radical (unpaired) electrons. The van der Waals surface area contributed by atoms with Crippen molar-refractivity contribution in [2.24, 2.45) is 11.8 Å². The molecule has 0 aromatic heterocycles. The fraction of sp³-hybridized carbons (Fsp3) is 0.458. The lowest BCUT2D eigenvalue weighted by atomic mass is 9.85. The molecular weight excluding hydrogens is 364 g/mol. The Bertz CT molecular complexity index is 760. The zero-order valence-electron chi connectivity index (χ0n) is 17.1. The lowest BCUT2D eigenvalue weighted by molar-refractivity contribution is -0.122. The Kier molecular flexibility index (Phi) is 8.08. The van der Waals surface area contributed by atoms with Crippen molar-refractivity contribution in [2.45, 2.75) is 38.9 Å². The molecule has 1 saturated heterocycles. The van der Waals surface area contributed by atoms with Gasteiger partial charge in [0.15, 0.2) is 0 Å². The fourth-order valence-electron chi connectivity index (χ4n) is 3.78. The van der Waals surface area contributed by atoms with Gasteiger partial charge in [-0.1, -0.05) is 49.4 Å². The van der Waals surface area contributed by atoms with Crippen molar-refractivity contribution in [3.8, 4) is 5.75 Å². The highest BCUT2D eigenvalue weighted by atomic mass is 16.5. The highest BCUT2D eigenvalue weighted by Gasteiger charge is 2.22. The van der Waals surface area contributed by atoms with E-state index in [0.29, 0.717) is 30.6 Å². The molecule has 1 amide bonds. The number of carbonyl (C=O) groups is 1. The summed E-state index contributed by atoms with van der Waals surface area (Å²) < 4.78 is 5.82. The van der Waals surface area contributed by atoms with Gasteiger partial charge >= 0.3 is 0 Å². The predicted molar refractivity (Wildman–Crippen MR) is 115 cm³/mol. The number of piperidine rings is 1. The Labute approximate surface area is 173 Å². The summed E-state index contributed by atoms with van der Waals surface area (Å²) in [6.07, 6.45) is 2.10. The molecule has 2 aromatic rings. The molecule has 29 heavy (non-hydrogen) atoms. The minimum absolute atomic E-state index is 0.00129. The minimum Gasteiger partial charge on any atom is -0.489 e. The monoisotopic (exact) mass is 396 g/mol. The first-order chi connectivity index (χ1) is 14.1. The van der Waals surface area contributed by atoms with Crippen molar-refractivity contribution in [3.63, 3.8) is 0 Å². The predicted octanol–water partition coefficient (Wildman–Crippen LogP) is 3.44. The van der Waals surface area contributed by atoms with Crippen LogP contribution in [0.3, 0.4) is 0 Å². The molecular formula is C24H32N2O3. The third-order valence-corrected chi connectivity index (χ3v) is 5.63. The smallest absolute Gasteiger partial charge is 0.220 e. The number of aliphatic hydroxyl groups is 1. The zero-order valence-corrected chi connectivity index (χ0v) is 17.1. The fourth-order valence-corrected chi connectivity index (χ4v) is 3.78. The topological polar surface area (TPSA) is 70.6 Å². The maximum Gasteiger partial charge on any atom is 0.220 e. The van der Waals surface area contributed by atoms with Gasteiger partial charge < -0.3 is 20.5 Å². The number of amides is 1. The molecule has 1 fully saturated rings. The van der Waals surface area contributed by atoms with Crippen molar-refractivity contribution in [3.05, 3.63) is 65.7 Å². The molecule has 5 heteroatoms. The van der Waals surface area contributed by atoms with Crippen molar-refractivity contribution >= 4 is 5.91 Å². The van der Waals surface area contributed by atoms with Gasteiger partial charge in [-0.2, -0.15) is 0 Å². The van der Waals surface area contributed by atoms with E-state index in [-0.39, 0.29) is 12.5 Å². The van der Waals surface area contributed by atoms with Crippen molar-refractivity contribution in [1.29, 1.82) is 0 Å². The van der Waals surface area contributed by atoms with Crippen LogP contribution in [0.4, 0.5) is 0 Å². The van der Waals surface area contributed by atoms with Crippen LogP contribution < -0.4 is 15.4 Å². The second-order valence-corrected chi connectivity index (χ2v) is 7.95. The van der Waals surface area contributed by atoms with Crippen LogP contribution in [-0.2, 0) is 11.4 Å². The number of aliphatic hydroxyl groups excluding tert-OH is 1. The van der Waals surface area contributed by atoms with Crippen LogP contribution in [0, 0.1) is 11.8 Å². The standard InChI is InChI=1S/C24H32N2O3/c1-18(21-10-6-12-25-15-21)13-24(28)26-16-23(27)20-9-5-11-22(14-20)29-17-19-7-3-2-4-8-19/h2-5,7-9,11,14,18,21,23,25,27H,6,10,12-13,15-17H2,1H3,(H,26,28). The SMILES string of the molecule is CC(CC(=O)NCC(O)c1cccc(OCc2ccccc2)c1)C1CCCNC1. The van der Waals surface area contributed by atoms with E-state index in [1.165, 1.54) is 12.8 Å². The van der Waals surface area contributed by atoms with Crippen molar-refractivity contribution in [1.82, 2.24) is 10.6 Å². The van der Waals surface area contributed by atoms with Gasteiger partial charge in [0, 0.05) is 13.0 Å². The highest BCUT2D eigenvalue weighted by molar-refractivity contribution is 5.76. The van der Waals surface area contributed by atoms with Gasteiger partial charge in [-0.05, 0) is 61.0 Å². The van der Waals surface area contributed by atoms with Gasteiger partial charge in [-0.15, -0.1) is 0 Å². The van der Waals surface area contributed by atoms with Gasteiger partial charge in [0.1, 0.15) is 12.4 Å². The van der Waals surface area contributed by atoms with Crippen LogP contribution in [0.15, 0.2) is 54.6 Å². The van der Waals surface area contributed by atoms with Gasteiger partial charge in [0.2, 0.25) is 5.91 Å². The average molecular weight is 397 g/mol. The molecule has 1 heterocycles. The third-order valence-electron chi connectivity index (χ3n) is 5.63. The Hall–Kier alpha value is -2.37. The van der Waals surface area contributed by atoms with Gasteiger partial charge in [0.25, 0.3) is 0 Å². The number of rotatable bonds is 9. The summed E-state index contributed by atoms with van der Waals surface area (Å²) in [7, 11) is 0. The molecule has 0 bridgehead atoms. The number of ether oxygens (including phenoxy) is 1. The Balaban J connectivity index is 1.44. The molecule has 156 valence electrons. The summed E-state index contributed by atoms with van der Waals surface area (Å²) >= 11 is 0. The second kappa shape index (κ2) is 11.0. The molecule has 5 nitrogen and oxygen atoms in total. The average Bonchev–Trinajstić information content (AvgIpc) is 2.77. The number of nitrogens with one attached hydrogen (secondary N) is 2. The number of carbonyl (C=O) groups excluding carboxylic acids is 1. The summed E-state index contributed by atoms with van der Waals surface area (Å²) in [4.78, 5) is 12.3. The number of benzene rings is 2. The Morgan fingerprint density at radius 1 is 1.24 bits per heavy atom. The summed E-state index contributed by atoms with van der Waals surface area (Å²) in [5, 5.41) is 16.8. The molecule has 1 aliphatic rings. The molecule has 3 N–H and O–H groups in total. The quantitative estimate of drug-likeness (QED) is 0.607. The molecule has 3 atom stereocenters. The summed E-state index contributed by atoms with van der Waals surface area (Å²) in [5.74, 6) is 1.60. The summed E-state index contributed by atoms with van der Waals surface area (Å²) in [5.41, 5.74) is 1.83. The van der Waals surface area contributed by atoms with Crippen LogP contribution in [0.5, 0.6) is 5.75 Å². The van der Waals surface area contributed by atoms with E-state index < -0.39 is 6.10 Å². The molecule has 3 rings (SSSR count). The molecule has 3 unspecified atom stereocenters. The normalized spacial score (nSPS) is 18.6. The molecule has 2 aromatic carbocycles. The van der Waals surface area contributed by atoms with Crippen LogP contribution in [-0.4, -0.2) is 30.6 Å². The van der Waals surface area contributed by atoms with Gasteiger partial charge in [0.05, 0.1) is 6.10 Å². The van der Waals surface area contributed by atoms with Gasteiger partial charge in [-0.25, -0.2) is 0 Å². The van der Waals surface area contributed by atoms with E-state index in [0.717, 1.165) is 24.2 Å². The maximum absolute atomic E-state index is 12.3. The molecule has 0 spiro atoms. The van der Waals surface area contributed by atoms with E-state index in [1.807, 2.05) is 54.6 Å². The van der Waals surface area contributed by atoms with E-state index in [1.54, 1.807) is 0 Å². The van der Waals surface area contributed by atoms with Gasteiger partial charge in [-0.3, -0.25) is 4.79 Å². The van der Waals surface area contributed by atoms with E-state index >= 15 is 0 Å². The minimum atomic E-state index is -0.758. The second-order valence-electron chi connectivity index (χ2n) is 7.95. The van der Waals surface area contributed by atoms with Crippen LogP contribution in [0.25, 0.3) is 0 Å². The Morgan fingerprint density at radius 2 is 2.07 bits per heavy atom. The molecule has 0 saturated carbocycles. The van der Waals surface area contributed by atoms with Crippen LogP contribution in [0.2, 0.25) is 0 Å². The summed E-state index contributed by atoms with van der Waals surface area (Å²) in [6.45, 7) is 4.89. The van der Waals surface area contributed by atoms with Crippen LogP contribution in [0.1, 0.15) is 43.4 Å². The lowest BCUT2D eigenvalue weighted by Gasteiger charge is -2.28. The van der Waals surface area contributed by atoms with E-state index in [2.05, 4.69) is 17.6 Å². The van der Waals surface area contributed by atoms with Crippen molar-refractivity contribution < 1.29 is 14.6 Å². The number of hydrogen-bond donors (Lipinski definition) is 3.